The summed E-state index contributed by atoms with van der Waals surface area (Å²) in [6.45, 7) is -0.847. The van der Waals surface area contributed by atoms with E-state index in [2.05, 4.69) is 30.5 Å². The zero-order chi connectivity index (χ0) is 18.1. The van der Waals surface area contributed by atoms with Gasteiger partial charge in [0.25, 0.3) is 11.8 Å². The second-order valence-electron chi connectivity index (χ2n) is 5.71. The summed E-state index contributed by atoms with van der Waals surface area (Å²) in [6, 6.07) is 3.79. The number of halogens is 2. The van der Waals surface area contributed by atoms with Crippen molar-refractivity contribution < 1.29 is 13.6 Å². The summed E-state index contributed by atoms with van der Waals surface area (Å²) in [5.74, 6) is -2.11. The number of aromatic nitrogens is 5. The normalized spacial score (nSPS) is 15.5. The van der Waals surface area contributed by atoms with E-state index in [4.69, 9.17) is 0 Å². The van der Waals surface area contributed by atoms with Gasteiger partial charge in [-0.2, -0.15) is 5.10 Å². The van der Waals surface area contributed by atoms with E-state index in [1.54, 1.807) is 0 Å². The maximum Gasteiger partial charge on any atom is 0.282 e. The van der Waals surface area contributed by atoms with E-state index < -0.39 is 24.9 Å². The fourth-order valence-corrected chi connectivity index (χ4v) is 3.18. The van der Waals surface area contributed by atoms with Crippen molar-refractivity contribution in [2.45, 2.75) is 12.5 Å². The van der Waals surface area contributed by atoms with Crippen LogP contribution in [-0.2, 0) is 6.54 Å². The quantitative estimate of drug-likeness (QED) is 0.702. The average Bonchev–Trinajstić information content (AvgIpc) is 3.28. The summed E-state index contributed by atoms with van der Waals surface area (Å²) >= 11 is 1.51. The number of carbonyl (C=O) groups excluding carboxylic acids is 1. The highest BCUT2D eigenvalue weighted by Crippen LogP contribution is 2.31. The molecule has 1 aliphatic rings. The van der Waals surface area contributed by atoms with E-state index in [0.717, 1.165) is 4.88 Å². The van der Waals surface area contributed by atoms with Crippen LogP contribution in [0.1, 0.15) is 16.3 Å². The van der Waals surface area contributed by atoms with Crippen molar-refractivity contribution in [3.63, 3.8) is 0 Å². The van der Waals surface area contributed by atoms with E-state index in [1.807, 2.05) is 17.5 Å². The lowest BCUT2D eigenvalue weighted by Crippen LogP contribution is -2.57. The molecule has 3 aromatic rings. The van der Waals surface area contributed by atoms with Crippen molar-refractivity contribution in [3.05, 3.63) is 41.4 Å². The molecule has 0 radical (unpaired) electrons. The van der Waals surface area contributed by atoms with Gasteiger partial charge in [-0.25, -0.2) is 23.7 Å². The Morgan fingerprint density at radius 2 is 2.15 bits per heavy atom. The Morgan fingerprint density at radius 3 is 2.88 bits per heavy atom. The van der Waals surface area contributed by atoms with Gasteiger partial charge in [-0.15, -0.1) is 11.3 Å². The van der Waals surface area contributed by atoms with Crippen LogP contribution in [0.4, 0.5) is 14.6 Å². The molecule has 0 aromatic carbocycles. The van der Waals surface area contributed by atoms with Gasteiger partial charge < -0.3 is 10.2 Å². The highest BCUT2D eigenvalue weighted by atomic mass is 32.1. The SMILES string of the molecule is O=C(NCc1nc(-c2cccs2)n[nH]1)c1nccnc1N1CC(F)(F)C1. The third-order valence-corrected chi connectivity index (χ3v) is 4.59. The summed E-state index contributed by atoms with van der Waals surface area (Å²) in [7, 11) is 0. The molecule has 8 nitrogen and oxygen atoms in total. The van der Waals surface area contributed by atoms with Crippen molar-refractivity contribution in [2.24, 2.45) is 0 Å². The number of nitrogens with one attached hydrogen (secondary N) is 2. The largest absolute Gasteiger partial charge is 0.343 e. The predicted octanol–water partition coefficient (Wildman–Crippen LogP) is 1.71. The van der Waals surface area contributed by atoms with E-state index in [0.29, 0.717) is 11.6 Å². The molecular formula is C15H13F2N7OS. The van der Waals surface area contributed by atoms with Crippen molar-refractivity contribution in [1.29, 1.82) is 0 Å². The minimum absolute atomic E-state index is 0.000922. The van der Waals surface area contributed by atoms with Crippen LogP contribution in [0.2, 0.25) is 0 Å². The third kappa shape index (κ3) is 3.25. The van der Waals surface area contributed by atoms with Gasteiger partial charge in [0.15, 0.2) is 17.3 Å². The molecule has 3 aromatic heterocycles. The Kier molecular flexibility index (Phi) is 4.07. The molecule has 1 saturated heterocycles. The maximum absolute atomic E-state index is 13.1. The number of amides is 1. The average molecular weight is 377 g/mol. The molecule has 1 aliphatic heterocycles. The highest BCUT2D eigenvalue weighted by Gasteiger charge is 2.45. The molecule has 4 rings (SSSR count). The number of carbonyl (C=O) groups is 1. The molecule has 26 heavy (non-hydrogen) atoms. The number of anilines is 1. The molecule has 1 amide bonds. The molecular weight excluding hydrogens is 364 g/mol. The van der Waals surface area contributed by atoms with Crippen molar-refractivity contribution in [3.8, 4) is 10.7 Å². The van der Waals surface area contributed by atoms with Crippen LogP contribution in [0.5, 0.6) is 0 Å². The first-order chi connectivity index (χ1) is 12.5. The fourth-order valence-electron chi connectivity index (χ4n) is 2.52. The van der Waals surface area contributed by atoms with E-state index in [1.165, 1.54) is 28.6 Å². The smallest absolute Gasteiger partial charge is 0.282 e. The summed E-state index contributed by atoms with van der Waals surface area (Å²) in [4.78, 5) is 26.9. The summed E-state index contributed by atoms with van der Waals surface area (Å²) < 4.78 is 26.2. The molecule has 11 heteroatoms. The van der Waals surface area contributed by atoms with Crippen LogP contribution in [0.15, 0.2) is 29.9 Å². The number of aromatic amines is 1. The predicted molar refractivity (Wildman–Crippen MR) is 90.1 cm³/mol. The first-order valence-corrected chi connectivity index (χ1v) is 8.57. The molecule has 0 saturated carbocycles. The fraction of sp³-hybridized carbons (Fsp3) is 0.267. The minimum Gasteiger partial charge on any atom is -0.343 e. The molecule has 2 N–H and O–H groups in total. The molecule has 0 unspecified atom stereocenters. The lowest BCUT2D eigenvalue weighted by molar-refractivity contribution is -0.0268. The number of hydrogen-bond acceptors (Lipinski definition) is 7. The number of nitrogens with zero attached hydrogens (tertiary/aromatic N) is 5. The Hall–Kier alpha value is -2.95. The second kappa shape index (κ2) is 6.41. The van der Waals surface area contributed by atoms with Gasteiger partial charge in [-0.1, -0.05) is 6.07 Å². The molecule has 134 valence electrons. The van der Waals surface area contributed by atoms with Crippen molar-refractivity contribution >= 4 is 23.1 Å². The molecule has 4 heterocycles. The zero-order valence-corrected chi connectivity index (χ0v) is 14.1. The van der Waals surface area contributed by atoms with E-state index >= 15 is 0 Å². The van der Waals surface area contributed by atoms with Crippen molar-refractivity contribution in [1.82, 2.24) is 30.5 Å². The standard InChI is InChI=1S/C15H13F2N7OS/c16-15(17)7-24(8-15)13-11(18-3-4-19-13)14(25)20-6-10-21-12(23-22-10)9-2-1-5-26-9/h1-5H,6-8H2,(H,20,25)(H,21,22,23). The molecule has 0 spiro atoms. The first kappa shape index (κ1) is 16.5. The molecule has 1 fully saturated rings. The molecule has 0 atom stereocenters. The zero-order valence-electron chi connectivity index (χ0n) is 13.3. The topological polar surface area (TPSA) is 99.7 Å². The summed E-state index contributed by atoms with van der Waals surface area (Å²) in [5, 5.41) is 11.4. The summed E-state index contributed by atoms with van der Waals surface area (Å²) in [5.41, 5.74) is 0.000922. The Balaban J connectivity index is 1.43. The number of hydrogen-bond donors (Lipinski definition) is 2. The lowest BCUT2D eigenvalue weighted by atomic mass is 10.1. The van der Waals surface area contributed by atoms with Crippen LogP contribution >= 0.6 is 11.3 Å². The van der Waals surface area contributed by atoms with Crippen LogP contribution in [0.25, 0.3) is 10.7 Å². The van der Waals surface area contributed by atoms with Gasteiger partial charge in [0.1, 0.15) is 5.82 Å². The van der Waals surface area contributed by atoms with Gasteiger partial charge in [-0.05, 0) is 11.4 Å². The number of rotatable bonds is 5. The van der Waals surface area contributed by atoms with Gasteiger partial charge in [0, 0.05) is 12.4 Å². The summed E-state index contributed by atoms with van der Waals surface area (Å²) in [6.07, 6.45) is 2.71. The minimum atomic E-state index is -2.76. The second-order valence-corrected chi connectivity index (χ2v) is 6.65. The van der Waals surface area contributed by atoms with Crippen LogP contribution < -0.4 is 10.2 Å². The van der Waals surface area contributed by atoms with Gasteiger partial charge in [0.05, 0.1) is 24.5 Å². The van der Waals surface area contributed by atoms with Gasteiger partial charge in [-0.3, -0.25) is 9.89 Å². The molecule has 0 aliphatic carbocycles. The van der Waals surface area contributed by atoms with Crippen LogP contribution in [0, 0.1) is 0 Å². The number of alkyl halides is 2. The molecule has 0 bridgehead atoms. The Bertz CT molecular complexity index is 920. The number of H-pyrrole nitrogens is 1. The van der Waals surface area contributed by atoms with Gasteiger partial charge in [0.2, 0.25) is 0 Å². The third-order valence-electron chi connectivity index (χ3n) is 3.73. The van der Waals surface area contributed by atoms with E-state index in [9.17, 15) is 13.6 Å². The Labute approximate surface area is 150 Å². The number of thiophene rings is 1. The first-order valence-electron chi connectivity index (χ1n) is 7.69. The van der Waals surface area contributed by atoms with Crippen LogP contribution in [0.3, 0.4) is 0 Å². The maximum atomic E-state index is 13.1. The lowest BCUT2D eigenvalue weighted by Gasteiger charge is -2.39. The van der Waals surface area contributed by atoms with Crippen LogP contribution in [-0.4, -0.2) is 50.1 Å². The highest BCUT2D eigenvalue weighted by molar-refractivity contribution is 7.13. The van der Waals surface area contributed by atoms with Gasteiger partial charge >= 0.3 is 0 Å². The van der Waals surface area contributed by atoms with Crippen molar-refractivity contribution in [2.75, 3.05) is 18.0 Å². The Morgan fingerprint density at radius 1 is 1.35 bits per heavy atom. The monoisotopic (exact) mass is 377 g/mol. The van der Waals surface area contributed by atoms with E-state index in [-0.39, 0.29) is 18.1 Å².